The van der Waals surface area contributed by atoms with Gasteiger partial charge in [0.2, 0.25) is 0 Å². The number of rotatable bonds is 3. The Morgan fingerprint density at radius 3 is 2.61 bits per heavy atom. The van der Waals surface area contributed by atoms with E-state index in [2.05, 4.69) is 19.7 Å². The molecule has 0 atom stereocenters. The molecule has 0 spiro atoms. The molecule has 1 aliphatic rings. The minimum absolute atomic E-state index is 0.0137. The third kappa shape index (κ3) is 3.39. The third-order valence-corrected chi connectivity index (χ3v) is 7.49. The Morgan fingerprint density at radius 1 is 1.21 bits per heavy atom. The van der Waals surface area contributed by atoms with Crippen molar-refractivity contribution in [1.82, 2.24) is 29.1 Å². The van der Waals surface area contributed by atoms with Gasteiger partial charge in [-0.1, -0.05) is 4.49 Å². The molecule has 3 aromatic rings. The fraction of sp³-hybridized carbons (Fsp3) is 0.471. The van der Waals surface area contributed by atoms with Gasteiger partial charge < -0.3 is 4.90 Å². The second-order valence-electron chi connectivity index (χ2n) is 7.12. The Kier molecular flexibility index (Phi) is 4.66. The molecule has 0 aliphatic carbocycles. The summed E-state index contributed by atoms with van der Waals surface area (Å²) < 4.78 is 29.5. The minimum atomic E-state index is -3.34. The molecule has 1 fully saturated rings. The predicted molar refractivity (Wildman–Crippen MR) is 103 cm³/mol. The largest absolute Gasteiger partial charge is 0.337 e. The molecule has 0 bridgehead atoms. The van der Waals surface area contributed by atoms with E-state index in [1.54, 1.807) is 15.5 Å². The average molecular weight is 421 g/mol. The Balaban J connectivity index is 1.51. The number of aryl methyl sites for hydroxylation is 2. The zero-order chi connectivity index (χ0) is 20.1. The van der Waals surface area contributed by atoms with Crippen LogP contribution < -0.4 is 0 Å². The highest BCUT2D eigenvalue weighted by atomic mass is 32.2. The van der Waals surface area contributed by atoms with Crippen molar-refractivity contribution in [3.63, 3.8) is 0 Å². The fourth-order valence-corrected chi connectivity index (χ4v) is 5.34. The molecule has 0 N–H and O–H groups in total. The molecule has 0 saturated carbocycles. The van der Waals surface area contributed by atoms with Crippen LogP contribution in [0, 0.1) is 13.8 Å². The second kappa shape index (κ2) is 6.89. The average Bonchev–Trinajstić information content (AvgIpc) is 3.28. The van der Waals surface area contributed by atoms with Crippen LogP contribution in [0.2, 0.25) is 0 Å². The zero-order valence-electron chi connectivity index (χ0n) is 15.8. The lowest BCUT2D eigenvalue weighted by molar-refractivity contribution is 0.0705. The molecule has 11 heteroatoms. The Bertz CT molecular complexity index is 1160. The first kappa shape index (κ1) is 18.9. The number of aromatic nitrogens is 5. The number of fused-ring (bicyclic) bond motifs is 1. The van der Waals surface area contributed by atoms with Gasteiger partial charge in [-0.2, -0.15) is 5.10 Å². The van der Waals surface area contributed by atoms with Gasteiger partial charge in [-0.15, -0.1) is 5.10 Å². The summed E-state index contributed by atoms with van der Waals surface area (Å²) in [5, 5.41) is 8.45. The van der Waals surface area contributed by atoms with E-state index >= 15 is 0 Å². The summed E-state index contributed by atoms with van der Waals surface area (Å²) in [6.45, 7) is 4.87. The van der Waals surface area contributed by atoms with Crippen molar-refractivity contribution in [1.29, 1.82) is 0 Å². The van der Waals surface area contributed by atoms with Crippen LogP contribution in [-0.2, 0) is 9.84 Å². The number of likely N-dealkylation sites (tertiary alicyclic amines) is 1. The highest BCUT2D eigenvalue weighted by molar-refractivity contribution is 7.92. The molecule has 1 aliphatic heterocycles. The van der Waals surface area contributed by atoms with Gasteiger partial charge in [-0.25, -0.2) is 17.9 Å². The molecule has 0 aromatic carbocycles. The van der Waals surface area contributed by atoms with E-state index in [0.29, 0.717) is 43.0 Å². The molecule has 0 unspecified atom stereocenters. The number of nitrogens with zero attached hydrogens (tertiary/aromatic N) is 6. The molecule has 1 saturated heterocycles. The number of sulfone groups is 1. The van der Waals surface area contributed by atoms with E-state index in [1.807, 2.05) is 19.9 Å². The molecule has 28 heavy (non-hydrogen) atoms. The molecular weight excluding hydrogens is 400 g/mol. The van der Waals surface area contributed by atoms with E-state index in [-0.39, 0.29) is 16.0 Å². The number of amides is 1. The van der Waals surface area contributed by atoms with Gasteiger partial charge in [0.25, 0.3) is 5.91 Å². The fourth-order valence-electron chi connectivity index (χ4n) is 3.60. The van der Waals surface area contributed by atoms with E-state index < -0.39 is 9.84 Å². The maximum Gasteiger partial charge on any atom is 0.274 e. The van der Waals surface area contributed by atoms with Crippen molar-refractivity contribution >= 4 is 32.9 Å². The number of hydrogen-bond acceptors (Lipinski definition) is 8. The van der Waals surface area contributed by atoms with Crippen LogP contribution in [0.3, 0.4) is 0 Å². The van der Waals surface area contributed by atoms with Crippen molar-refractivity contribution in [2.24, 2.45) is 0 Å². The summed E-state index contributed by atoms with van der Waals surface area (Å²) in [6, 6.07) is 3.63. The molecule has 0 radical (unpaired) electrons. The van der Waals surface area contributed by atoms with Crippen LogP contribution in [0.15, 0.2) is 16.3 Å². The summed E-state index contributed by atoms with van der Waals surface area (Å²) in [4.78, 5) is 19.1. The summed E-state index contributed by atoms with van der Waals surface area (Å²) in [5.41, 5.74) is 3.35. The molecular formula is C17H20N6O3S2. The van der Waals surface area contributed by atoms with Crippen LogP contribution in [0.1, 0.15) is 46.3 Å². The molecule has 3 aromatic heterocycles. The van der Waals surface area contributed by atoms with Gasteiger partial charge in [0.15, 0.2) is 25.4 Å². The van der Waals surface area contributed by atoms with Crippen LogP contribution in [-0.4, -0.2) is 62.8 Å². The smallest absolute Gasteiger partial charge is 0.274 e. The van der Waals surface area contributed by atoms with Gasteiger partial charge in [0.1, 0.15) is 0 Å². The Morgan fingerprint density at radius 2 is 1.93 bits per heavy atom. The predicted octanol–water partition coefficient (Wildman–Crippen LogP) is 1.62. The lowest BCUT2D eigenvalue weighted by Crippen LogP contribution is -2.38. The summed E-state index contributed by atoms with van der Waals surface area (Å²) >= 11 is 0.910. The number of hydrogen-bond donors (Lipinski definition) is 0. The summed E-state index contributed by atoms with van der Waals surface area (Å²) in [5.74, 6) is -0.152. The third-order valence-electron chi connectivity index (χ3n) is 4.94. The van der Waals surface area contributed by atoms with Crippen LogP contribution in [0.25, 0.3) is 5.65 Å². The standard InChI is InChI=1S/C17H20N6O3S2/c1-10-8-11(2)23-14(18-10)9-13(20-23)16(24)22-6-4-12(5-7-22)15-17(27-21-19-15)28(3,25)26/h8-9,12H,4-7H2,1-3H3. The van der Waals surface area contributed by atoms with Crippen molar-refractivity contribution in [2.45, 2.75) is 36.8 Å². The number of carbonyl (C=O) groups excluding carboxylic acids is 1. The monoisotopic (exact) mass is 420 g/mol. The Hall–Kier alpha value is -2.40. The number of carbonyl (C=O) groups is 1. The highest BCUT2D eigenvalue weighted by Gasteiger charge is 2.31. The first-order valence-corrected chi connectivity index (χ1v) is 11.6. The number of piperidine rings is 1. The summed E-state index contributed by atoms with van der Waals surface area (Å²) in [6.07, 6.45) is 2.46. The molecule has 148 valence electrons. The minimum Gasteiger partial charge on any atom is -0.337 e. The quantitative estimate of drug-likeness (QED) is 0.633. The summed E-state index contributed by atoms with van der Waals surface area (Å²) in [7, 11) is -3.34. The highest BCUT2D eigenvalue weighted by Crippen LogP contribution is 2.33. The first-order valence-electron chi connectivity index (χ1n) is 8.89. The van der Waals surface area contributed by atoms with E-state index in [0.717, 1.165) is 22.9 Å². The van der Waals surface area contributed by atoms with Gasteiger partial charge in [-0.3, -0.25) is 4.79 Å². The molecule has 4 rings (SSSR count). The SMILES string of the molecule is Cc1cc(C)n2nc(C(=O)N3CCC(c4nnsc4S(C)(=O)=O)CC3)cc2n1. The normalized spacial score (nSPS) is 16.0. The van der Waals surface area contributed by atoms with Crippen LogP contribution >= 0.6 is 11.5 Å². The van der Waals surface area contributed by atoms with Gasteiger partial charge in [0, 0.05) is 54.2 Å². The van der Waals surface area contributed by atoms with E-state index in [4.69, 9.17) is 0 Å². The zero-order valence-corrected chi connectivity index (χ0v) is 17.4. The second-order valence-corrected chi connectivity index (χ2v) is 10.1. The van der Waals surface area contributed by atoms with Crippen LogP contribution in [0.5, 0.6) is 0 Å². The lowest BCUT2D eigenvalue weighted by Gasteiger charge is -2.30. The van der Waals surface area contributed by atoms with Crippen molar-refractivity contribution < 1.29 is 13.2 Å². The maximum absolute atomic E-state index is 12.9. The van der Waals surface area contributed by atoms with Crippen molar-refractivity contribution in [3.8, 4) is 0 Å². The van der Waals surface area contributed by atoms with Gasteiger partial charge >= 0.3 is 0 Å². The van der Waals surface area contributed by atoms with Gasteiger partial charge in [-0.05, 0) is 32.8 Å². The maximum atomic E-state index is 12.9. The first-order chi connectivity index (χ1) is 13.2. The van der Waals surface area contributed by atoms with Crippen molar-refractivity contribution in [3.05, 3.63) is 34.9 Å². The molecule has 4 heterocycles. The van der Waals surface area contributed by atoms with Gasteiger partial charge in [0.05, 0.1) is 5.69 Å². The van der Waals surface area contributed by atoms with Crippen molar-refractivity contribution in [2.75, 3.05) is 19.3 Å². The van der Waals surface area contributed by atoms with E-state index in [9.17, 15) is 13.2 Å². The lowest BCUT2D eigenvalue weighted by atomic mass is 9.94. The molecule has 9 nitrogen and oxygen atoms in total. The molecule has 1 amide bonds. The topological polar surface area (TPSA) is 110 Å². The Labute approximate surface area is 166 Å². The van der Waals surface area contributed by atoms with Crippen LogP contribution in [0.4, 0.5) is 0 Å². The van der Waals surface area contributed by atoms with E-state index in [1.165, 1.54) is 6.26 Å².